The van der Waals surface area contributed by atoms with E-state index in [-0.39, 0.29) is 5.41 Å². The molecule has 0 heterocycles. The third-order valence-electron chi connectivity index (χ3n) is 2.82. The zero-order valence-electron chi connectivity index (χ0n) is 11.1. The van der Waals surface area contributed by atoms with E-state index < -0.39 is 11.7 Å². The molecule has 0 aliphatic rings. The molecule has 0 aliphatic heterocycles. The lowest BCUT2D eigenvalue weighted by atomic mass is 9.85. The molecule has 0 amide bonds. The molecule has 0 fully saturated rings. The van der Waals surface area contributed by atoms with Crippen molar-refractivity contribution >= 4 is 0 Å². The van der Waals surface area contributed by atoms with Crippen molar-refractivity contribution in [1.29, 1.82) is 0 Å². The van der Waals surface area contributed by atoms with Crippen molar-refractivity contribution < 1.29 is 13.2 Å². The zero-order chi connectivity index (χ0) is 13.8. The van der Waals surface area contributed by atoms with Gasteiger partial charge in [-0.15, -0.1) is 0 Å². The van der Waals surface area contributed by atoms with Gasteiger partial charge < -0.3 is 5.32 Å². The first kappa shape index (κ1) is 15.0. The molecule has 0 spiro atoms. The summed E-state index contributed by atoms with van der Waals surface area (Å²) in [5, 5.41) is 3.26. The van der Waals surface area contributed by atoms with Gasteiger partial charge >= 0.3 is 6.18 Å². The molecule has 1 nitrogen and oxygen atoms in total. The molecule has 0 unspecified atom stereocenters. The lowest BCUT2D eigenvalue weighted by molar-refractivity contribution is -0.137. The second kappa shape index (κ2) is 5.74. The summed E-state index contributed by atoms with van der Waals surface area (Å²) >= 11 is 0. The standard InChI is InChI=1S/C14H20F3N/c1-4-18-10-13(2,3)9-11-5-7-12(8-6-11)14(15,16)17/h5-8,18H,4,9-10H2,1-3H3. The maximum Gasteiger partial charge on any atom is 0.416 e. The SMILES string of the molecule is CCNCC(C)(C)Cc1ccc(C(F)(F)F)cc1. The highest BCUT2D eigenvalue weighted by atomic mass is 19.4. The molecule has 0 aromatic heterocycles. The molecule has 1 aromatic rings. The van der Waals surface area contributed by atoms with Crippen LogP contribution >= 0.6 is 0 Å². The number of halogens is 3. The van der Waals surface area contributed by atoms with Crippen molar-refractivity contribution in [2.75, 3.05) is 13.1 Å². The largest absolute Gasteiger partial charge is 0.416 e. The third kappa shape index (κ3) is 4.69. The fraction of sp³-hybridized carbons (Fsp3) is 0.571. The Balaban J connectivity index is 2.69. The van der Waals surface area contributed by atoms with Crippen LogP contribution in [0.3, 0.4) is 0 Å². The molecule has 0 radical (unpaired) electrons. The Morgan fingerprint density at radius 1 is 1.06 bits per heavy atom. The van der Waals surface area contributed by atoms with Crippen molar-refractivity contribution in [2.45, 2.75) is 33.4 Å². The van der Waals surface area contributed by atoms with E-state index >= 15 is 0 Å². The second-order valence-electron chi connectivity index (χ2n) is 5.32. The second-order valence-corrected chi connectivity index (χ2v) is 5.32. The Labute approximate surface area is 106 Å². The highest BCUT2D eigenvalue weighted by Crippen LogP contribution is 2.30. The molecule has 1 aromatic carbocycles. The third-order valence-corrected chi connectivity index (χ3v) is 2.82. The van der Waals surface area contributed by atoms with Gasteiger partial charge in [-0.05, 0) is 36.1 Å². The highest BCUT2D eigenvalue weighted by Gasteiger charge is 2.30. The predicted octanol–water partition coefficient (Wildman–Crippen LogP) is 3.88. The monoisotopic (exact) mass is 259 g/mol. The van der Waals surface area contributed by atoms with E-state index in [0.29, 0.717) is 0 Å². The minimum absolute atomic E-state index is 0.0375. The average molecular weight is 259 g/mol. The van der Waals surface area contributed by atoms with Crippen molar-refractivity contribution in [3.63, 3.8) is 0 Å². The van der Waals surface area contributed by atoms with Crippen LogP contribution in [-0.2, 0) is 12.6 Å². The van der Waals surface area contributed by atoms with E-state index in [1.165, 1.54) is 0 Å². The van der Waals surface area contributed by atoms with Gasteiger partial charge in [0.25, 0.3) is 0 Å². The normalized spacial score (nSPS) is 12.8. The minimum atomic E-state index is -4.25. The molecule has 18 heavy (non-hydrogen) atoms. The van der Waals surface area contributed by atoms with Crippen LogP contribution in [0.15, 0.2) is 24.3 Å². The smallest absolute Gasteiger partial charge is 0.316 e. The van der Waals surface area contributed by atoms with Crippen molar-refractivity contribution in [2.24, 2.45) is 5.41 Å². The summed E-state index contributed by atoms with van der Waals surface area (Å²) < 4.78 is 37.2. The average Bonchev–Trinajstić information content (AvgIpc) is 2.25. The van der Waals surface area contributed by atoms with Gasteiger partial charge in [-0.25, -0.2) is 0 Å². The van der Waals surface area contributed by atoms with Crippen LogP contribution in [0.25, 0.3) is 0 Å². The Kier molecular flexibility index (Phi) is 4.79. The van der Waals surface area contributed by atoms with Gasteiger partial charge in [0.15, 0.2) is 0 Å². The van der Waals surface area contributed by atoms with Crippen molar-refractivity contribution in [3.8, 4) is 0 Å². The summed E-state index contributed by atoms with van der Waals surface area (Å²) in [5.41, 5.74) is 0.386. The Hall–Kier alpha value is -1.03. The fourth-order valence-electron chi connectivity index (χ4n) is 1.89. The van der Waals surface area contributed by atoms with Crippen LogP contribution < -0.4 is 5.32 Å². The molecule has 0 atom stereocenters. The highest BCUT2D eigenvalue weighted by molar-refractivity contribution is 5.25. The van der Waals surface area contributed by atoms with Gasteiger partial charge in [0.1, 0.15) is 0 Å². The Bertz CT molecular complexity index is 366. The van der Waals surface area contributed by atoms with Gasteiger partial charge in [0, 0.05) is 6.54 Å². The summed E-state index contributed by atoms with van der Waals surface area (Å²) in [7, 11) is 0. The van der Waals surface area contributed by atoms with Gasteiger partial charge in [-0.3, -0.25) is 0 Å². The lowest BCUT2D eigenvalue weighted by Crippen LogP contribution is -2.31. The van der Waals surface area contributed by atoms with E-state index in [1.807, 2.05) is 6.92 Å². The number of alkyl halides is 3. The van der Waals surface area contributed by atoms with E-state index in [9.17, 15) is 13.2 Å². The van der Waals surface area contributed by atoms with E-state index in [2.05, 4.69) is 19.2 Å². The van der Waals surface area contributed by atoms with Gasteiger partial charge in [-0.2, -0.15) is 13.2 Å². The Morgan fingerprint density at radius 3 is 2.06 bits per heavy atom. The van der Waals surface area contributed by atoms with Gasteiger partial charge in [0.2, 0.25) is 0 Å². The van der Waals surface area contributed by atoms with Crippen molar-refractivity contribution in [1.82, 2.24) is 5.32 Å². The molecule has 0 aliphatic carbocycles. The van der Waals surface area contributed by atoms with Gasteiger partial charge in [-0.1, -0.05) is 32.9 Å². The predicted molar refractivity (Wildman–Crippen MR) is 67.5 cm³/mol. The number of hydrogen-bond acceptors (Lipinski definition) is 1. The van der Waals surface area contributed by atoms with E-state index in [1.54, 1.807) is 12.1 Å². The Morgan fingerprint density at radius 2 is 1.61 bits per heavy atom. The maximum absolute atomic E-state index is 12.4. The first-order chi connectivity index (χ1) is 8.24. The number of hydrogen-bond donors (Lipinski definition) is 1. The molecule has 4 heteroatoms. The van der Waals surface area contributed by atoms with Crippen LogP contribution in [0, 0.1) is 5.41 Å². The number of nitrogens with one attached hydrogen (secondary N) is 1. The zero-order valence-corrected chi connectivity index (χ0v) is 11.1. The molecule has 1 rings (SSSR count). The molecule has 102 valence electrons. The van der Waals surface area contributed by atoms with Crippen LogP contribution in [-0.4, -0.2) is 13.1 Å². The summed E-state index contributed by atoms with van der Waals surface area (Å²) in [6.45, 7) is 8.00. The van der Waals surface area contributed by atoms with Crippen LogP contribution in [0.4, 0.5) is 13.2 Å². The topological polar surface area (TPSA) is 12.0 Å². The first-order valence-electron chi connectivity index (χ1n) is 6.11. The summed E-state index contributed by atoms with van der Waals surface area (Å²) in [6.07, 6.45) is -3.49. The van der Waals surface area contributed by atoms with Crippen LogP contribution in [0.5, 0.6) is 0 Å². The molecular formula is C14H20F3N. The molecular weight excluding hydrogens is 239 g/mol. The minimum Gasteiger partial charge on any atom is -0.316 e. The summed E-state index contributed by atoms with van der Waals surface area (Å²) in [6, 6.07) is 5.43. The molecule has 1 N–H and O–H groups in total. The lowest BCUT2D eigenvalue weighted by Gasteiger charge is -2.25. The molecule has 0 saturated heterocycles. The molecule has 0 bridgehead atoms. The molecule has 0 saturated carbocycles. The van der Waals surface area contributed by atoms with E-state index in [4.69, 9.17) is 0 Å². The quantitative estimate of drug-likeness (QED) is 0.846. The fourth-order valence-corrected chi connectivity index (χ4v) is 1.89. The number of rotatable bonds is 5. The van der Waals surface area contributed by atoms with Gasteiger partial charge in [0.05, 0.1) is 5.56 Å². The van der Waals surface area contributed by atoms with Crippen LogP contribution in [0.1, 0.15) is 31.9 Å². The summed E-state index contributed by atoms with van der Waals surface area (Å²) in [5.74, 6) is 0. The van der Waals surface area contributed by atoms with E-state index in [0.717, 1.165) is 37.2 Å². The number of benzene rings is 1. The first-order valence-corrected chi connectivity index (χ1v) is 6.11. The summed E-state index contributed by atoms with van der Waals surface area (Å²) in [4.78, 5) is 0. The van der Waals surface area contributed by atoms with Crippen LogP contribution in [0.2, 0.25) is 0 Å². The maximum atomic E-state index is 12.4. The van der Waals surface area contributed by atoms with Crippen molar-refractivity contribution in [3.05, 3.63) is 35.4 Å².